The average molecular weight is 285 g/mol. The van der Waals surface area contributed by atoms with Crippen LogP contribution < -0.4 is 5.32 Å². The second-order valence-corrected chi connectivity index (χ2v) is 7.37. The summed E-state index contributed by atoms with van der Waals surface area (Å²) >= 11 is 0. The van der Waals surface area contributed by atoms with E-state index >= 15 is 0 Å². The quantitative estimate of drug-likeness (QED) is 0.801. The van der Waals surface area contributed by atoms with Crippen molar-refractivity contribution in [3.63, 3.8) is 0 Å². The molecule has 0 spiro atoms. The molecule has 1 aromatic rings. The molecule has 1 N–H and O–H groups in total. The van der Waals surface area contributed by atoms with Gasteiger partial charge in [-0.05, 0) is 93.5 Å². The molecule has 1 saturated carbocycles. The van der Waals surface area contributed by atoms with Crippen molar-refractivity contribution in [3.8, 4) is 0 Å². The molecule has 0 atom stereocenters. The van der Waals surface area contributed by atoms with E-state index in [0.717, 1.165) is 0 Å². The van der Waals surface area contributed by atoms with Crippen LogP contribution >= 0.6 is 0 Å². The van der Waals surface area contributed by atoms with Gasteiger partial charge in [0, 0.05) is 0 Å². The Morgan fingerprint density at radius 2 is 1.71 bits per heavy atom. The largest absolute Gasteiger partial charge is 0.320 e. The number of rotatable bonds is 6. The van der Waals surface area contributed by atoms with Crippen molar-refractivity contribution in [2.75, 3.05) is 13.6 Å². The second kappa shape index (κ2) is 6.96. The predicted molar refractivity (Wildman–Crippen MR) is 90.8 cm³/mol. The van der Waals surface area contributed by atoms with Gasteiger partial charge in [0.2, 0.25) is 0 Å². The van der Waals surface area contributed by atoms with Crippen LogP contribution in [0, 0.1) is 5.41 Å². The summed E-state index contributed by atoms with van der Waals surface area (Å²) in [4.78, 5) is 0. The fourth-order valence-electron chi connectivity index (χ4n) is 4.49. The van der Waals surface area contributed by atoms with E-state index in [-0.39, 0.29) is 0 Å². The van der Waals surface area contributed by atoms with Crippen molar-refractivity contribution in [1.82, 2.24) is 5.32 Å². The molecule has 2 aliphatic carbocycles. The molecule has 1 heteroatoms. The number of aryl methyl sites for hydroxylation is 3. The number of fused-ring (bicyclic) bond motifs is 1. The van der Waals surface area contributed by atoms with Crippen LogP contribution in [0.3, 0.4) is 0 Å². The van der Waals surface area contributed by atoms with Gasteiger partial charge in [0.05, 0.1) is 0 Å². The third-order valence-corrected chi connectivity index (χ3v) is 5.93. The monoisotopic (exact) mass is 285 g/mol. The third-order valence-electron chi connectivity index (χ3n) is 5.93. The summed E-state index contributed by atoms with van der Waals surface area (Å²) in [5, 5.41) is 3.36. The summed E-state index contributed by atoms with van der Waals surface area (Å²) in [6, 6.07) is 7.35. The zero-order valence-corrected chi connectivity index (χ0v) is 13.7. The van der Waals surface area contributed by atoms with Crippen molar-refractivity contribution >= 4 is 0 Å². The molecule has 0 saturated heterocycles. The normalized spacial score (nSPS) is 20.4. The topological polar surface area (TPSA) is 12.0 Å². The van der Waals surface area contributed by atoms with Crippen molar-refractivity contribution in [1.29, 1.82) is 0 Å². The predicted octanol–water partition coefficient (Wildman–Crippen LogP) is 4.67. The highest BCUT2D eigenvalue weighted by molar-refractivity contribution is 5.34. The molecule has 3 rings (SSSR count). The van der Waals surface area contributed by atoms with Gasteiger partial charge in [0.1, 0.15) is 0 Å². The maximum Gasteiger partial charge on any atom is -0.00466 e. The van der Waals surface area contributed by atoms with E-state index in [9.17, 15) is 0 Å². The average Bonchev–Trinajstić information content (AvgIpc) is 3.00. The van der Waals surface area contributed by atoms with Crippen LogP contribution in [-0.4, -0.2) is 13.6 Å². The molecule has 21 heavy (non-hydrogen) atoms. The highest BCUT2D eigenvalue weighted by Crippen LogP contribution is 2.44. The first-order valence-corrected chi connectivity index (χ1v) is 9.07. The molecule has 0 heterocycles. The van der Waals surface area contributed by atoms with Crippen LogP contribution in [0.25, 0.3) is 0 Å². The summed E-state index contributed by atoms with van der Waals surface area (Å²) in [6.07, 6.45) is 15.3. The summed E-state index contributed by atoms with van der Waals surface area (Å²) in [6.45, 7) is 1.18. The molecule has 1 aromatic carbocycles. The first-order valence-electron chi connectivity index (χ1n) is 9.07. The first-order chi connectivity index (χ1) is 10.3. The number of hydrogen-bond acceptors (Lipinski definition) is 1. The minimum atomic E-state index is 0.638. The molecule has 1 nitrogen and oxygen atoms in total. The summed E-state index contributed by atoms with van der Waals surface area (Å²) < 4.78 is 0. The molecule has 0 aliphatic heterocycles. The van der Waals surface area contributed by atoms with E-state index in [1.54, 1.807) is 16.7 Å². The smallest absolute Gasteiger partial charge is 0.00466 e. The SMILES string of the molecule is CNCCC1(CCc2ccc3c(c2)CCCC3)CCCC1. The first kappa shape index (κ1) is 15.1. The summed E-state index contributed by atoms with van der Waals surface area (Å²) in [5.41, 5.74) is 5.50. The number of hydrogen-bond donors (Lipinski definition) is 1. The molecule has 0 unspecified atom stereocenters. The van der Waals surface area contributed by atoms with Gasteiger partial charge in [-0.1, -0.05) is 31.0 Å². The van der Waals surface area contributed by atoms with Gasteiger partial charge in [-0.2, -0.15) is 0 Å². The maximum atomic E-state index is 3.36. The molecular formula is C20H31N. The molecule has 116 valence electrons. The summed E-state index contributed by atoms with van der Waals surface area (Å²) in [5.74, 6) is 0. The van der Waals surface area contributed by atoms with Crippen LogP contribution in [-0.2, 0) is 19.3 Å². The van der Waals surface area contributed by atoms with E-state index in [4.69, 9.17) is 0 Å². The van der Waals surface area contributed by atoms with E-state index in [1.165, 1.54) is 77.2 Å². The van der Waals surface area contributed by atoms with Crippen molar-refractivity contribution in [3.05, 3.63) is 34.9 Å². The molecular weight excluding hydrogens is 254 g/mol. The Kier molecular flexibility index (Phi) is 5.00. The Labute approximate surface area is 130 Å². The van der Waals surface area contributed by atoms with E-state index in [0.29, 0.717) is 5.41 Å². The summed E-state index contributed by atoms with van der Waals surface area (Å²) in [7, 11) is 2.09. The lowest BCUT2D eigenvalue weighted by atomic mass is 9.77. The van der Waals surface area contributed by atoms with Crippen molar-refractivity contribution in [2.24, 2.45) is 5.41 Å². The standard InChI is InChI=1S/C20H31N/c1-21-15-14-20(11-4-5-12-20)13-10-17-8-9-18-6-2-3-7-19(18)16-17/h8-9,16,21H,2-7,10-15H2,1H3. The zero-order chi connectivity index (χ0) is 14.5. The van der Waals surface area contributed by atoms with Crippen LogP contribution in [0.4, 0.5) is 0 Å². The van der Waals surface area contributed by atoms with Gasteiger partial charge in [-0.15, -0.1) is 0 Å². The van der Waals surface area contributed by atoms with Gasteiger partial charge in [0.15, 0.2) is 0 Å². The minimum Gasteiger partial charge on any atom is -0.320 e. The second-order valence-electron chi connectivity index (χ2n) is 7.37. The van der Waals surface area contributed by atoms with E-state index in [2.05, 4.69) is 30.6 Å². The van der Waals surface area contributed by atoms with Crippen LogP contribution in [0.2, 0.25) is 0 Å². The van der Waals surface area contributed by atoms with E-state index in [1.807, 2.05) is 0 Å². The highest BCUT2D eigenvalue weighted by atomic mass is 14.8. The van der Waals surface area contributed by atoms with E-state index < -0.39 is 0 Å². The Morgan fingerprint density at radius 3 is 2.48 bits per heavy atom. The lowest BCUT2D eigenvalue weighted by Crippen LogP contribution is -2.23. The van der Waals surface area contributed by atoms with Gasteiger partial charge in [-0.3, -0.25) is 0 Å². The Morgan fingerprint density at radius 1 is 0.952 bits per heavy atom. The molecule has 2 aliphatic rings. The fraction of sp³-hybridized carbons (Fsp3) is 0.700. The van der Waals surface area contributed by atoms with Crippen LogP contribution in [0.15, 0.2) is 18.2 Å². The Bertz CT molecular complexity index is 457. The minimum absolute atomic E-state index is 0.638. The molecule has 0 aromatic heterocycles. The highest BCUT2D eigenvalue weighted by Gasteiger charge is 2.32. The zero-order valence-electron chi connectivity index (χ0n) is 13.7. The van der Waals surface area contributed by atoms with Gasteiger partial charge in [-0.25, -0.2) is 0 Å². The number of nitrogens with one attached hydrogen (secondary N) is 1. The molecule has 0 bridgehead atoms. The fourth-order valence-corrected chi connectivity index (χ4v) is 4.49. The third kappa shape index (κ3) is 3.69. The molecule has 1 fully saturated rings. The van der Waals surface area contributed by atoms with Crippen LogP contribution in [0.5, 0.6) is 0 Å². The van der Waals surface area contributed by atoms with Crippen molar-refractivity contribution in [2.45, 2.75) is 70.6 Å². The lowest BCUT2D eigenvalue weighted by Gasteiger charge is -2.29. The maximum absolute atomic E-state index is 3.36. The Balaban J connectivity index is 1.63. The van der Waals surface area contributed by atoms with Gasteiger partial charge in [0.25, 0.3) is 0 Å². The van der Waals surface area contributed by atoms with Crippen LogP contribution in [0.1, 0.15) is 68.1 Å². The van der Waals surface area contributed by atoms with Gasteiger partial charge < -0.3 is 5.32 Å². The number of benzene rings is 1. The lowest BCUT2D eigenvalue weighted by molar-refractivity contribution is 0.247. The Hall–Kier alpha value is -0.820. The molecule has 0 amide bonds. The molecule has 0 radical (unpaired) electrons. The van der Waals surface area contributed by atoms with Gasteiger partial charge >= 0.3 is 0 Å². The van der Waals surface area contributed by atoms with Crippen molar-refractivity contribution < 1.29 is 0 Å².